The summed E-state index contributed by atoms with van der Waals surface area (Å²) in [6.45, 7) is 5.34. The SMILES string of the molecule is CN=C(NCC(c1ccccc1)N1CCOCC1)NC1CCN(c2ccc(F)cc2F)C1. The molecule has 8 heteroatoms. The number of anilines is 1. The maximum atomic E-state index is 14.2. The molecule has 32 heavy (non-hydrogen) atoms. The minimum absolute atomic E-state index is 0.129. The first kappa shape index (κ1) is 22.5. The van der Waals surface area contributed by atoms with Crippen LogP contribution in [-0.4, -0.2) is 69.9 Å². The lowest BCUT2D eigenvalue weighted by Crippen LogP contribution is -2.48. The van der Waals surface area contributed by atoms with Crippen molar-refractivity contribution < 1.29 is 13.5 Å². The number of guanidine groups is 1. The van der Waals surface area contributed by atoms with Gasteiger partial charge in [-0.3, -0.25) is 9.89 Å². The molecule has 2 heterocycles. The smallest absolute Gasteiger partial charge is 0.191 e. The molecular formula is C24H31F2N5O. The Morgan fingerprint density at radius 1 is 1.12 bits per heavy atom. The summed E-state index contributed by atoms with van der Waals surface area (Å²) < 4.78 is 32.9. The summed E-state index contributed by atoms with van der Waals surface area (Å²) in [6.07, 6.45) is 0.850. The molecule has 2 fully saturated rings. The lowest BCUT2D eigenvalue weighted by molar-refractivity contribution is 0.0170. The van der Waals surface area contributed by atoms with E-state index in [1.165, 1.54) is 17.7 Å². The van der Waals surface area contributed by atoms with Crippen molar-refractivity contribution >= 4 is 11.6 Å². The topological polar surface area (TPSA) is 52.1 Å². The Morgan fingerprint density at radius 2 is 1.91 bits per heavy atom. The zero-order valence-electron chi connectivity index (χ0n) is 18.4. The Bertz CT molecular complexity index is 905. The number of morpholine rings is 1. The molecule has 2 atom stereocenters. The van der Waals surface area contributed by atoms with E-state index in [4.69, 9.17) is 4.74 Å². The molecule has 0 spiro atoms. The number of rotatable bonds is 6. The van der Waals surface area contributed by atoms with Crippen LogP contribution in [0.4, 0.5) is 14.5 Å². The molecule has 2 unspecified atom stereocenters. The van der Waals surface area contributed by atoms with Crippen molar-refractivity contribution in [1.82, 2.24) is 15.5 Å². The van der Waals surface area contributed by atoms with E-state index < -0.39 is 11.6 Å². The highest BCUT2D eigenvalue weighted by molar-refractivity contribution is 5.80. The molecule has 0 amide bonds. The van der Waals surface area contributed by atoms with Crippen molar-refractivity contribution in [2.75, 3.05) is 57.9 Å². The van der Waals surface area contributed by atoms with Gasteiger partial charge in [0.1, 0.15) is 11.6 Å². The summed E-state index contributed by atoms with van der Waals surface area (Å²) in [5.41, 5.74) is 1.70. The van der Waals surface area contributed by atoms with Crippen molar-refractivity contribution in [3.63, 3.8) is 0 Å². The Kier molecular flexibility index (Phi) is 7.55. The predicted molar refractivity (Wildman–Crippen MR) is 123 cm³/mol. The monoisotopic (exact) mass is 443 g/mol. The fourth-order valence-electron chi connectivity index (χ4n) is 4.44. The van der Waals surface area contributed by atoms with Gasteiger partial charge in [-0.2, -0.15) is 0 Å². The van der Waals surface area contributed by atoms with Crippen LogP contribution >= 0.6 is 0 Å². The molecule has 0 bridgehead atoms. The number of hydrogen-bond donors (Lipinski definition) is 2. The van der Waals surface area contributed by atoms with E-state index in [0.717, 1.165) is 44.8 Å². The zero-order chi connectivity index (χ0) is 22.3. The molecule has 0 aliphatic carbocycles. The van der Waals surface area contributed by atoms with Crippen molar-refractivity contribution in [3.8, 4) is 0 Å². The standard InChI is InChI=1S/C24H31F2N5O/c1-27-24(29-20-9-10-31(17-20)22-8-7-19(25)15-21(22)26)28-16-23(18-5-3-2-4-6-18)30-11-13-32-14-12-30/h2-8,15,20,23H,9-14,16-17H2,1H3,(H2,27,28,29). The normalized spacial score (nSPS) is 20.9. The van der Waals surface area contributed by atoms with Crippen molar-refractivity contribution in [2.45, 2.75) is 18.5 Å². The van der Waals surface area contributed by atoms with Gasteiger partial charge in [-0.15, -0.1) is 0 Å². The number of halogens is 2. The average Bonchev–Trinajstić information content (AvgIpc) is 3.28. The van der Waals surface area contributed by atoms with Crippen molar-refractivity contribution in [3.05, 3.63) is 65.7 Å². The van der Waals surface area contributed by atoms with E-state index in [-0.39, 0.29) is 12.1 Å². The Morgan fingerprint density at radius 3 is 2.62 bits per heavy atom. The fraction of sp³-hybridized carbons (Fsp3) is 0.458. The summed E-state index contributed by atoms with van der Waals surface area (Å²) in [5.74, 6) is -0.354. The third-order valence-corrected chi connectivity index (χ3v) is 6.14. The summed E-state index contributed by atoms with van der Waals surface area (Å²) in [6, 6.07) is 14.6. The van der Waals surface area contributed by atoms with Crippen LogP contribution in [0.2, 0.25) is 0 Å². The predicted octanol–water partition coefficient (Wildman–Crippen LogP) is 2.78. The van der Waals surface area contributed by atoms with Gasteiger partial charge < -0.3 is 20.3 Å². The Labute approximate surface area is 188 Å². The average molecular weight is 444 g/mol. The van der Waals surface area contributed by atoms with Gasteiger partial charge >= 0.3 is 0 Å². The molecule has 172 valence electrons. The molecule has 2 aromatic carbocycles. The van der Waals surface area contributed by atoms with Crippen LogP contribution in [0.3, 0.4) is 0 Å². The molecule has 6 nitrogen and oxygen atoms in total. The van der Waals surface area contributed by atoms with E-state index in [2.05, 4.69) is 44.8 Å². The van der Waals surface area contributed by atoms with Gasteiger partial charge in [0.15, 0.2) is 5.96 Å². The van der Waals surface area contributed by atoms with Crippen LogP contribution < -0.4 is 15.5 Å². The van der Waals surface area contributed by atoms with Gasteiger partial charge in [0.25, 0.3) is 0 Å². The van der Waals surface area contributed by atoms with Crippen LogP contribution in [0.5, 0.6) is 0 Å². The molecule has 2 aliphatic rings. The van der Waals surface area contributed by atoms with Crippen molar-refractivity contribution in [1.29, 1.82) is 0 Å². The highest BCUT2D eigenvalue weighted by atomic mass is 19.1. The maximum absolute atomic E-state index is 14.2. The van der Waals surface area contributed by atoms with Crippen molar-refractivity contribution in [2.24, 2.45) is 4.99 Å². The first-order valence-corrected chi connectivity index (χ1v) is 11.2. The zero-order valence-corrected chi connectivity index (χ0v) is 18.4. The van der Waals surface area contributed by atoms with Gasteiger partial charge in [-0.1, -0.05) is 30.3 Å². The second-order valence-electron chi connectivity index (χ2n) is 8.20. The Hall–Kier alpha value is -2.71. The molecule has 4 rings (SSSR count). The quantitative estimate of drug-likeness (QED) is 0.531. The molecular weight excluding hydrogens is 412 g/mol. The van der Waals surface area contributed by atoms with Gasteiger partial charge in [0.2, 0.25) is 0 Å². The molecule has 0 saturated carbocycles. The van der Waals surface area contributed by atoms with Gasteiger partial charge in [-0.25, -0.2) is 8.78 Å². The van der Waals surface area contributed by atoms with Crippen LogP contribution in [-0.2, 0) is 4.74 Å². The highest BCUT2D eigenvalue weighted by Gasteiger charge is 2.26. The summed E-state index contributed by atoms with van der Waals surface area (Å²) in [5, 5.41) is 6.94. The third kappa shape index (κ3) is 5.55. The van der Waals surface area contributed by atoms with Gasteiger partial charge in [-0.05, 0) is 24.1 Å². The van der Waals surface area contributed by atoms with E-state index in [9.17, 15) is 8.78 Å². The Balaban J connectivity index is 1.35. The van der Waals surface area contributed by atoms with Crippen LogP contribution in [0.15, 0.2) is 53.5 Å². The number of hydrogen-bond acceptors (Lipinski definition) is 4. The number of benzene rings is 2. The molecule has 0 aromatic heterocycles. The second kappa shape index (κ2) is 10.7. The largest absolute Gasteiger partial charge is 0.379 e. The minimum Gasteiger partial charge on any atom is -0.379 e. The molecule has 2 saturated heterocycles. The summed E-state index contributed by atoms with van der Waals surface area (Å²) >= 11 is 0. The van der Waals surface area contributed by atoms with Gasteiger partial charge in [0.05, 0.1) is 24.9 Å². The molecule has 2 aliphatic heterocycles. The van der Waals surface area contributed by atoms with E-state index in [1.54, 1.807) is 7.05 Å². The number of nitrogens with one attached hydrogen (secondary N) is 2. The third-order valence-electron chi connectivity index (χ3n) is 6.14. The highest BCUT2D eigenvalue weighted by Crippen LogP contribution is 2.24. The lowest BCUT2D eigenvalue weighted by atomic mass is 10.0. The number of nitrogens with zero attached hydrogens (tertiary/aromatic N) is 3. The first-order valence-electron chi connectivity index (χ1n) is 11.2. The lowest BCUT2D eigenvalue weighted by Gasteiger charge is -2.35. The van der Waals surface area contributed by atoms with Crippen LogP contribution in [0.1, 0.15) is 18.0 Å². The summed E-state index contributed by atoms with van der Waals surface area (Å²) in [4.78, 5) is 8.78. The van der Waals surface area contributed by atoms with Gasteiger partial charge in [0, 0.05) is 51.9 Å². The number of aliphatic imine (C=N–C) groups is 1. The summed E-state index contributed by atoms with van der Waals surface area (Å²) in [7, 11) is 1.76. The van der Waals surface area contributed by atoms with Crippen LogP contribution in [0.25, 0.3) is 0 Å². The fourth-order valence-corrected chi connectivity index (χ4v) is 4.44. The first-order chi connectivity index (χ1) is 15.6. The molecule has 0 radical (unpaired) electrons. The maximum Gasteiger partial charge on any atom is 0.191 e. The number of ether oxygens (including phenoxy) is 1. The van der Waals surface area contributed by atoms with Crippen LogP contribution in [0, 0.1) is 11.6 Å². The molecule has 2 N–H and O–H groups in total. The van der Waals surface area contributed by atoms with E-state index in [1.807, 2.05) is 11.0 Å². The minimum atomic E-state index is -0.557. The van der Waals surface area contributed by atoms with E-state index in [0.29, 0.717) is 25.3 Å². The van der Waals surface area contributed by atoms with E-state index >= 15 is 0 Å². The molecule has 2 aromatic rings. The second-order valence-corrected chi connectivity index (χ2v) is 8.20.